The largest absolute Gasteiger partial charge is 0.381 e. The van der Waals surface area contributed by atoms with Gasteiger partial charge in [-0.1, -0.05) is 5.16 Å². The zero-order valence-electron chi connectivity index (χ0n) is 15.1. The molecule has 0 spiro atoms. The molecule has 1 unspecified atom stereocenters. The van der Waals surface area contributed by atoms with E-state index in [1.807, 2.05) is 11.0 Å². The van der Waals surface area contributed by atoms with Gasteiger partial charge in [0.15, 0.2) is 5.82 Å². The van der Waals surface area contributed by atoms with Gasteiger partial charge in [0.2, 0.25) is 5.89 Å². The molecular weight excluding hydrogens is 412 g/mol. The van der Waals surface area contributed by atoms with Crippen molar-refractivity contribution >= 4 is 21.8 Å². The van der Waals surface area contributed by atoms with Crippen LogP contribution in [-0.4, -0.2) is 52.2 Å². The van der Waals surface area contributed by atoms with E-state index in [-0.39, 0.29) is 5.91 Å². The Labute approximate surface area is 166 Å². The molecule has 0 saturated carbocycles. The summed E-state index contributed by atoms with van der Waals surface area (Å²) in [6.07, 6.45) is 7.97. The Kier molecular flexibility index (Phi) is 5.83. The number of aryl methyl sites for hydroxylation is 1. The highest BCUT2D eigenvalue weighted by Crippen LogP contribution is 2.27. The van der Waals surface area contributed by atoms with Gasteiger partial charge in [-0.3, -0.25) is 9.78 Å². The predicted molar refractivity (Wildman–Crippen MR) is 101 cm³/mol. The molecule has 1 atom stereocenters. The first-order valence-corrected chi connectivity index (χ1v) is 10.3. The summed E-state index contributed by atoms with van der Waals surface area (Å²) in [4.78, 5) is 23.2. The van der Waals surface area contributed by atoms with Crippen LogP contribution >= 0.6 is 15.9 Å². The topological polar surface area (TPSA) is 81.4 Å². The Morgan fingerprint density at radius 3 is 2.93 bits per heavy atom. The van der Waals surface area contributed by atoms with Crippen LogP contribution in [0.2, 0.25) is 0 Å². The summed E-state index contributed by atoms with van der Waals surface area (Å²) in [6.45, 7) is 3.09. The number of hydrogen-bond donors (Lipinski definition) is 0. The lowest BCUT2D eigenvalue weighted by Gasteiger charge is -2.18. The van der Waals surface area contributed by atoms with E-state index in [0.717, 1.165) is 74.6 Å². The lowest BCUT2D eigenvalue weighted by molar-refractivity contribution is 0.0778. The normalized spacial score (nSPS) is 20.9. The summed E-state index contributed by atoms with van der Waals surface area (Å²) in [5.41, 5.74) is 0.629. The summed E-state index contributed by atoms with van der Waals surface area (Å²) in [5, 5.41) is 4.14. The lowest BCUT2D eigenvalue weighted by Crippen LogP contribution is -2.28. The standard InChI is InChI=1S/C19H23BrN4O3/c20-16-9-15(10-21-11-16)19(25)24-6-3-13(12-24)1-2-17-22-18(27-23-17)14-4-7-26-8-5-14/h9-11,13-14H,1-8,12H2. The van der Waals surface area contributed by atoms with Crippen LogP contribution in [-0.2, 0) is 11.2 Å². The molecular formula is C19H23BrN4O3. The Morgan fingerprint density at radius 1 is 1.26 bits per heavy atom. The van der Waals surface area contributed by atoms with Gasteiger partial charge in [-0.05, 0) is 53.6 Å². The molecule has 1 amide bonds. The average Bonchev–Trinajstić information content (AvgIpc) is 3.36. The van der Waals surface area contributed by atoms with E-state index < -0.39 is 0 Å². The molecule has 4 rings (SSSR count). The summed E-state index contributed by atoms with van der Waals surface area (Å²) < 4.78 is 11.7. The number of nitrogens with zero attached hydrogens (tertiary/aromatic N) is 4. The second kappa shape index (κ2) is 8.48. The minimum atomic E-state index is 0.0488. The van der Waals surface area contributed by atoms with Gasteiger partial charge in [0.1, 0.15) is 0 Å². The molecule has 0 radical (unpaired) electrons. The molecule has 0 bridgehead atoms. The van der Waals surface area contributed by atoms with Gasteiger partial charge in [-0.15, -0.1) is 0 Å². The van der Waals surface area contributed by atoms with Crippen LogP contribution in [0.4, 0.5) is 0 Å². The first-order valence-electron chi connectivity index (χ1n) is 9.49. The minimum absolute atomic E-state index is 0.0488. The maximum Gasteiger partial charge on any atom is 0.255 e. The fourth-order valence-electron chi connectivity index (χ4n) is 3.78. The number of rotatable bonds is 5. The molecule has 0 N–H and O–H groups in total. The summed E-state index contributed by atoms with van der Waals surface area (Å²) in [7, 11) is 0. The maximum atomic E-state index is 12.6. The molecule has 2 aliphatic heterocycles. The minimum Gasteiger partial charge on any atom is -0.381 e. The van der Waals surface area contributed by atoms with E-state index in [1.54, 1.807) is 12.4 Å². The van der Waals surface area contributed by atoms with Crippen molar-refractivity contribution < 1.29 is 14.1 Å². The lowest BCUT2D eigenvalue weighted by atomic mass is 10.0. The van der Waals surface area contributed by atoms with E-state index in [9.17, 15) is 4.79 Å². The fourth-order valence-corrected chi connectivity index (χ4v) is 4.14. The van der Waals surface area contributed by atoms with E-state index in [0.29, 0.717) is 17.4 Å². The van der Waals surface area contributed by atoms with Crippen molar-refractivity contribution in [3.05, 3.63) is 40.2 Å². The Morgan fingerprint density at radius 2 is 2.11 bits per heavy atom. The second-order valence-corrected chi connectivity index (χ2v) is 8.19. The molecule has 0 aliphatic carbocycles. The maximum absolute atomic E-state index is 12.6. The zero-order chi connectivity index (χ0) is 18.6. The Bertz CT molecular complexity index is 791. The van der Waals surface area contributed by atoms with Crippen molar-refractivity contribution in [3.63, 3.8) is 0 Å². The van der Waals surface area contributed by atoms with Gasteiger partial charge in [-0.25, -0.2) is 0 Å². The average molecular weight is 435 g/mol. The molecule has 2 fully saturated rings. The fraction of sp³-hybridized carbons (Fsp3) is 0.579. The van der Waals surface area contributed by atoms with Gasteiger partial charge in [0.25, 0.3) is 5.91 Å². The van der Waals surface area contributed by atoms with Crippen molar-refractivity contribution in [2.24, 2.45) is 5.92 Å². The highest BCUT2D eigenvalue weighted by Gasteiger charge is 2.28. The van der Waals surface area contributed by atoms with Crippen LogP contribution in [0.25, 0.3) is 0 Å². The van der Waals surface area contributed by atoms with E-state index in [1.165, 1.54) is 0 Å². The number of hydrogen-bond acceptors (Lipinski definition) is 6. The summed E-state index contributed by atoms with van der Waals surface area (Å²) >= 11 is 3.37. The van der Waals surface area contributed by atoms with Crippen molar-refractivity contribution in [3.8, 4) is 0 Å². The molecule has 144 valence electrons. The number of carbonyl (C=O) groups is 1. The van der Waals surface area contributed by atoms with Gasteiger partial charge in [0, 0.05) is 55.5 Å². The molecule has 2 saturated heterocycles. The van der Waals surface area contributed by atoms with Crippen LogP contribution in [0.3, 0.4) is 0 Å². The monoisotopic (exact) mass is 434 g/mol. The second-order valence-electron chi connectivity index (χ2n) is 7.27. The third kappa shape index (κ3) is 4.55. The van der Waals surface area contributed by atoms with Gasteiger partial charge >= 0.3 is 0 Å². The number of pyridine rings is 1. The Balaban J connectivity index is 1.28. The molecule has 0 aromatic carbocycles. The molecule has 2 aromatic rings. The van der Waals surface area contributed by atoms with Crippen LogP contribution in [0.15, 0.2) is 27.5 Å². The molecule has 4 heterocycles. The number of amides is 1. The summed E-state index contributed by atoms with van der Waals surface area (Å²) in [6, 6.07) is 1.82. The predicted octanol–water partition coefficient (Wildman–Crippen LogP) is 3.22. The quantitative estimate of drug-likeness (QED) is 0.718. The molecule has 2 aliphatic rings. The Hall–Kier alpha value is -1.80. The van der Waals surface area contributed by atoms with Crippen LogP contribution < -0.4 is 0 Å². The van der Waals surface area contributed by atoms with E-state index in [4.69, 9.17) is 9.26 Å². The number of aromatic nitrogens is 3. The highest BCUT2D eigenvalue weighted by molar-refractivity contribution is 9.10. The molecule has 8 heteroatoms. The smallest absolute Gasteiger partial charge is 0.255 e. The van der Waals surface area contributed by atoms with E-state index in [2.05, 4.69) is 31.1 Å². The molecule has 2 aromatic heterocycles. The van der Waals surface area contributed by atoms with Crippen LogP contribution in [0, 0.1) is 5.92 Å². The van der Waals surface area contributed by atoms with Crippen molar-refractivity contribution in [1.29, 1.82) is 0 Å². The van der Waals surface area contributed by atoms with Gasteiger partial charge < -0.3 is 14.2 Å². The first-order chi connectivity index (χ1) is 13.2. The number of carbonyl (C=O) groups excluding carboxylic acids is 1. The van der Waals surface area contributed by atoms with E-state index >= 15 is 0 Å². The van der Waals surface area contributed by atoms with Crippen molar-refractivity contribution in [1.82, 2.24) is 20.0 Å². The third-order valence-corrected chi connectivity index (χ3v) is 5.79. The number of halogens is 1. The zero-order valence-corrected chi connectivity index (χ0v) is 16.7. The van der Waals surface area contributed by atoms with Crippen LogP contribution in [0.5, 0.6) is 0 Å². The van der Waals surface area contributed by atoms with Crippen molar-refractivity contribution in [2.75, 3.05) is 26.3 Å². The summed E-state index contributed by atoms with van der Waals surface area (Å²) in [5.74, 6) is 2.38. The van der Waals surface area contributed by atoms with Crippen molar-refractivity contribution in [2.45, 2.75) is 38.0 Å². The first kappa shape index (κ1) is 18.6. The van der Waals surface area contributed by atoms with Crippen LogP contribution in [0.1, 0.15) is 53.7 Å². The molecule has 7 nitrogen and oxygen atoms in total. The highest BCUT2D eigenvalue weighted by atomic mass is 79.9. The third-order valence-electron chi connectivity index (χ3n) is 5.36. The number of likely N-dealkylation sites (tertiary alicyclic amines) is 1. The molecule has 27 heavy (non-hydrogen) atoms. The SMILES string of the molecule is O=C(c1cncc(Br)c1)N1CCC(CCc2noc(C3CCOCC3)n2)C1. The van der Waals surface area contributed by atoms with Gasteiger partial charge in [0.05, 0.1) is 5.56 Å². The van der Waals surface area contributed by atoms with Gasteiger partial charge in [-0.2, -0.15) is 4.98 Å². The number of ether oxygens (including phenoxy) is 1.